The number of aromatic nitrogens is 2. The van der Waals surface area contributed by atoms with Crippen molar-refractivity contribution in [3.05, 3.63) is 59.2 Å². The molecule has 3 N–H and O–H groups in total. The molecular weight excluding hydrogens is 1150 g/mol. The van der Waals surface area contributed by atoms with E-state index in [1.165, 1.54) is 11.1 Å². The minimum atomic E-state index is -1.32. The Labute approximate surface area is 516 Å². The van der Waals surface area contributed by atoms with Crippen molar-refractivity contribution in [2.24, 2.45) is 10.1 Å². The first kappa shape index (κ1) is 75.0. The molecule has 0 saturated carbocycles. The summed E-state index contributed by atoms with van der Waals surface area (Å²) in [6.45, 7) is 42.2. The topological polar surface area (TPSA) is 282 Å². The van der Waals surface area contributed by atoms with Crippen molar-refractivity contribution in [2.75, 3.05) is 78.8 Å². The minimum Gasteiger partial charge on any atom is -0.444 e. The Hall–Kier alpha value is -5.22. The van der Waals surface area contributed by atoms with Crippen molar-refractivity contribution < 1.29 is 70.3 Å². The van der Waals surface area contributed by atoms with Crippen molar-refractivity contribution in [2.45, 2.75) is 207 Å². The number of aldehydes is 1. The summed E-state index contributed by atoms with van der Waals surface area (Å²) in [4.78, 5) is 74.0. The zero-order chi connectivity index (χ0) is 65.2. The van der Waals surface area contributed by atoms with Crippen LogP contribution in [0.1, 0.15) is 159 Å². The van der Waals surface area contributed by atoms with E-state index >= 15 is 0 Å². The first-order valence-electron chi connectivity index (χ1n) is 29.1. The zero-order valence-corrected chi connectivity index (χ0v) is 56.3. The van der Waals surface area contributed by atoms with Gasteiger partial charge in [0.25, 0.3) is 0 Å². The lowest BCUT2D eigenvalue weighted by atomic mass is 10.1. The number of aryl methyl sites for hydroxylation is 2. The molecule has 4 amide bonds. The molecular formula is C60H101N9O15S2. The minimum absolute atomic E-state index is 0.276. The van der Waals surface area contributed by atoms with Crippen molar-refractivity contribution in [1.82, 2.24) is 34.3 Å². The second-order valence-corrected chi connectivity index (χ2v) is 31.0. The van der Waals surface area contributed by atoms with Gasteiger partial charge in [0.1, 0.15) is 45.6 Å². The molecule has 86 heavy (non-hydrogen) atoms. The number of nitrogens with two attached hydrogens (primary N) is 1. The van der Waals surface area contributed by atoms with E-state index in [4.69, 9.17) is 43.6 Å². The number of amides is 4. The van der Waals surface area contributed by atoms with Gasteiger partial charge in [0.2, 0.25) is 0 Å². The molecule has 0 radical (unpaired) electrons. The van der Waals surface area contributed by atoms with Crippen molar-refractivity contribution >= 4 is 58.8 Å². The third-order valence-corrected chi connectivity index (χ3v) is 15.0. The monoisotopic (exact) mass is 1250 g/mol. The summed E-state index contributed by atoms with van der Waals surface area (Å²) in [6, 6.07) is 6.96. The maximum Gasteiger partial charge on any atom is 0.410 e. The van der Waals surface area contributed by atoms with Gasteiger partial charge in [-0.05, 0) is 162 Å². The quantitative estimate of drug-likeness (QED) is 0.136. The van der Waals surface area contributed by atoms with Crippen LogP contribution in [0.15, 0.2) is 41.1 Å². The average molecular weight is 1250 g/mol. The number of morpholine rings is 4. The number of nitrogens with one attached hydrogen (secondary N) is 1. The largest absolute Gasteiger partial charge is 0.444 e. The van der Waals surface area contributed by atoms with E-state index in [-0.39, 0.29) is 49.2 Å². The van der Waals surface area contributed by atoms with Crippen molar-refractivity contribution in [3.63, 3.8) is 0 Å². The van der Waals surface area contributed by atoms with Gasteiger partial charge in [-0.1, -0.05) is 12.1 Å². The molecule has 6 rings (SSSR count). The molecule has 26 heteroatoms. The Kier molecular flexibility index (Phi) is 28.7. The van der Waals surface area contributed by atoms with Crippen LogP contribution in [0.25, 0.3) is 0 Å². The van der Waals surface area contributed by atoms with Gasteiger partial charge in [0.15, 0.2) is 6.29 Å². The van der Waals surface area contributed by atoms with E-state index < -0.39 is 72.1 Å². The molecule has 0 spiro atoms. The smallest absolute Gasteiger partial charge is 0.410 e. The lowest BCUT2D eigenvalue weighted by Crippen LogP contribution is -2.52. The molecule has 488 valence electrons. The third-order valence-electron chi connectivity index (χ3n) is 12.1. The first-order chi connectivity index (χ1) is 39.5. The normalized spacial score (nSPS) is 21.3. The maximum atomic E-state index is 12.8. The van der Waals surface area contributed by atoms with Crippen LogP contribution < -0.4 is 10.5 Å². The molecule has 4 fully saturated rings. The van der Waals surface area contributed by atoms with Gasteiger partial charge >= 0.3 is 24.4 Å². The number of carbonyl (C=O) groups excluding carboxylic acids is 5. The average Bonchev–Trinajstić information content (AvgIpc) is 1.88. The van der Waals surface area contributed by atoms with Crippen LogP contribution in [0, 0.1) is 13.8 Å². The molecule has 8 atom stereocenters. The van der Waals surface area contributed by atoms with Crippen LogP contribution >= 0.6 is 0 Å². The van der Waals surface area contributed by atoms with E-state index in [1.54, 1.807) is 27.1 Å². The third kappa shape index (κ3) is 28.3. The summed E-state index contributed by atoms with van der Waals surface area (Å²) in [7, 11) is -2.64. The number of carbonyl (C=O) groups is 5. The molecule has 2 aromatic heterocycles. The van der Waals surface area contributed by atoms with Crippen LogP contribution in [-0.4, -0.2) is 210 Å². The van der Waals surface area contributed by atoms with Crippen LogP contribution in [-0.2, 0) is 64.7 Å². The molecule has 0 aliphatic carbocycles. The number of nitrogens with zero attached hydrogens (tertiary/aromatic N) is 7. The second kappa shape index (κ2) is 32.8. The van der Waals surface area contributed by atoms with Gasteiger partial charge < -0.3 is 68.0 Å². The number of pyridine rings is 2. The van der Waals surface area contributed by atoms with Gasteiger partial charge in [-0.2, -0.15) is 4.40 Å². The molecule has 2 aromatic rings. The Morgan fingerprint density at radius 1 is 0.558 bits per heavy atom. The SMILES string of the molecule is CC(C)(C)OC(=O)N1CCO[C@@H](C=N[S@@](=O)C(C)(C)C)C1.CC(C)(C)OC(=O)N1CCO[C@@H](C=O)C1.Cc1ccc(C(N)[C@H]2CN(C(=O)OC(C)(C)C)CCO2)nc1.Cc1ccc(C(N[S@@](=O)C(C)(C)C)[C@H]2CN(C(=O)OC(C)(C)C)CCO2)nc1. The highest BCUT2D eigenvalue weighted by Gasteiger charge is 2.38. The fraction of sp³-hybridized carbons (Fsp3) is 0.733. The molecule has 4 saturated heterocycles. The van der Waals surface area contributed by atoms with Crippen LogP contribution in [0.5, 0.6) is 0 Å². The Bertz CT molecular complexity index is 2550. The van der Waals surface area contributed by atoms with E-state index in [9.17, 15) is 32.4 Å². The van der Waals surface area contributed by atoms with Crippen LogP contribution in [0.4, 0.5) is 19.2 Å². The van der Waals surface area contributed by atoms with E-state index in [0.29, 0.717) is 78.5 Å². The predicted octanol–water partition coefficient (Wildman–Crippen LogP) is 8.12. The second-order valence-electron chi connectivity index (χ2n) is 27.1. The molecule has 24 nitrogen and oxygen atoms in total. The highest BCUT2D eigenvalue weighted by Crippen LogP contribution is 2.26. The van der Waals surface area contributed by atoms with Gasteiger partial charge in [0.05, 0.1) is 109 Å². The number of rotatable bonds is 9. The molecule has 6 heterocycles. The highest BCUT2D eigenvalue weighted by molar-refractivity contribution is 7.85. The van der Waals surface area contributed by atoms with Crippen LogP contribution in [0.2, 0.25) is 0 Å². The van der Waals surface area contributed by atoms with Gasteiger partial charge in [-0.25, -0.2) is 32.3 Å². The number of hydrogen-bond acceptors (Lipinski definition) is 18. The maximum absolute atomic E-state index is 12.8. The van der Waals surface area contributed by atoms with Gasteiger partial charge in [0, 0.05) is 44.8 Å². The van der Waals surface area contributed by atoms with E-state index in [0.717, 1.165) is 22.5 Å². The summed E-state index contributed by atoms with van der Waals surface area (Å²) in [5.74, 6) is 0. The lowest BCUT2D eigenvalue weighted by molar-refractivity contribution is -0.123. The standard InChI is InChI=1S/C20H33N3O4S.C16H25N3O3.C14H26N2O4S.C10H17NO4/c1-14-8-9-15(21-12-14)17(22-28(25)20(5,6)7)16-13-23(10-11-26-16)18(24)27-19(2,3)4;1-11-5-6-12(18-9-11)14(17)13-10-19(7-8-21-13)15(20)22-16(2,3)4;1-13(2,3)20-12(17)16-7-8-19-11(10-16)9-15-21(18)14(4,5)6;1-10(2,3)15-9(13)11-4-5-14-8(6-11)7-12/h8-9,12,16-17,22H,10-11,13H2,1-7H3;5-6,9,13-14H,7-8,10,17H2,1-4H3;9,11H,7-8,10H2,1-6H3;7-8H,4-6H2,1-3H3/t16-,17?,28+;13-,14?;11-,21-;8-/m1101/s1. The fourth-order valence-corrected chi connectivity index (χ4v) is 9.11. The Morgan fingerprint density at radius 2 is 0.919 bits per heavy atom. The summed E-state index contributed by atoms with van der Waals surface area (Å²) in [5.41, 5.74) is 7.77. The van der Waals surface area contributed by atoms with Crippen molar-refractivity contribution in [3.8, 4) is 0 Å². The summed E-state index contributed by atoms with van der Waals surface area (Å²) in [6.07, 6.45) is 2.80. The zero-order valence-electron chi connectivity index (χ0n) is 54.7. The molecule has 0 aromatic carbocycles. The summed E-state index contributed by atoms with van der Waals surface area (Å²) < 4.78 is 74.7. The number of hydrogen-bond donors (Lipinski definition) is 2. The molecule has 4 aliphatic rings. The van der Waals surface area contributed by atoms with E-state index in [2.05, 4.69) is 19.1 Å². The molecule has 2 unspecified atom stereocenters. The first-order valence-corrected chi connectivity index (χ1v) is 31.4. The number of ether oxygens (including phenoxy) is 8. The summed E-state index contributed by atoms with van der Waals surface area (Å²) in [5, 5.41) is 0. The van der Waals surface area contributed by atoms with Crippen molar-refractivity contribution in [1.29, 1.82) is 0 Å². The van der Waals surface area contributed by atoms with E-state index in [1.807, 2.05) is 163 Å². The molecule has 0 bridgehead atoms. The van der Waals surface area contributed by atoms with Gasteiger partial charge in [-0.15, -0.1) is 0 Å². The Morgan fingerprint density at radius 3 is 1.29 bits per heavy atom. The van der Waals surface area contributed by atoms with Gasteiger partial charge in [-0.3, -0.25) is 9.97 Å². The van der Waals surface area contributed by atoms with Crippen LogP contribution in [0.3, 0.4) is 0 Å². The highest BCUT2D eigenvalue weighted by atomic mass is 32.2. The lowest BCUT2D eigenvalue weighted by Gasteiger charge is -2.38. The Balaban J connectivity index is 0.000000307. The molecule has 4 aliphatic heterocycles. The fourth-order valence-electron chi connectivity index (χ4n) is 7.69. The predicted molar refractivity (Wildman–Crippen MR) is 331 cm³/mol. The summed E-state index contributed by atoms with van der Waals surface area (Å²) >= 11 is 0.